The van der Waals surface area contributed by atoms with Crippen molar-refractivity contribution < 1.29 is 4.39 Å². The van der Waals surface area contributed by atoms with Crippen molar-refractivity contribution >= 4 is 0 Å². The number of rotatable bonds is 2. The molecule has 15 heavy (non-hydrogen) atoms. The molecule has 1 heterocycles. The standard InChI is InChI=1S/C11H17FN3/c1-3-4-6-14-8-11(12)9-15(10-14)7-5-13-2/h11H,6-10H2,1-2H3/q+1. The van der Waals surface area contributed by atoms with Gasteiger partial charge in [0.25, 0.3) is 13.1 Å². The minimum atomic E-state index is -0.795. The van der Waals surface area contributed by atoms with Gasteiger partial charge in [0.2, 0.25) is 0 Å². The summed E-state index contributed by atoms with van der Waals surface area (Å²) in [4.78, 5) is 7.77. The van der Waals surface area contributed by atoms with Crippen LogP contribution in [-0.4, -0.2) is 55.9 Å². The Morgan fingerprint density at radius 1 is 1.33 bits per heavy atom. The van der Waals surface area contributed by atoms with Crippen LogP contribution in [0.3, 0.4) is 0 Å². The second-order valence-electron chi connectivity index (χ2n) is 3.57. The molecular formula is C11H17FN3+. The first-order valence-corrected chi connectivity index (χ1v) is 5.06. The summed E-state index contributed by atoms with van der Waals surface area (Å²) >= 11 is 0. The van der Waals surface area contributed by atoms with E-state index in [1.54, 1.807) is 14.0 Å². The first-order chi connectivity index (χ1) is 7.26. The van der Waals surface area contributed by atoms with Crippen molar-refractivity contribution in [3.8, 4) is 17.9 Å². The van der Waals surface area contributed by atoms with E-state index in [1.807, 2.05) is 9.80 Å². The van der Waals surface area contributed by atoms with Crippen molar-refractivity contribution in [3.63, 3.8) is 0 Å². The van der Waals surface area contributed by atoms with E-state index in [1.165, 1.54) is 0 Å². The van der Waals surface area contributed by atoms with Crippen LogP contribution in [0.15, 0.2) is 0 Å². The fourth-order valence-electron chi connectivity index (χ4n) is 1.61. The molecule has 0 bridgehead atoms. The predicted molar refractivity (Wildman–Crippen MR) is 59.5 cm³/mol. The van der Waals surface area contributed by atoms with Crippen LogP contribution in [0.4, 0.5) is 4.39 Å². The zero-order valence-corrected chi connectivity index (χ0v) is 9.33. The van der Waals surface area contributed by atoms with Crippen molar-refractivity contribution in [1.29, 1.82) is 0 Å². The summed E-state index contributed by atoms with van der Waals surface area (Å²) in [6.45, 7) is 4.72. The highest BCUT2D eigenvalue weighted by Crippen LogP contribution is 2.08. The molecule has 0 spiro atoms. The summed E-state index contributed by atoms with van der Waals surface area (Å²) in [5.74, 6) is 5.77. The molecule has 1 saturated heterocycles. The molecule has 0 aromatic carbocycles. The maximum absolute atomic E-state index is 13.3. The molecule has 0 aromatic heterocycles. The zero-order valence-electron chi connectivity index (χ0n) is 9.33. The molecule has 0 aromatic rings. The van der Waals surface area contributed by atoms with Crippen molar-refractivity contribution in [3.05, 3.63) is 4.85 Å². The highest BCUT2D eigenvalue weighted by molar-refractivity contribution is 4.99. The van der Waals surface area contributed by atoms with E-state index in [0.29, 0.717) is 26.2 Å². The molecule has 1 unspecified atom stereocenters. The molecule has 4 heteroatoms. The normalized spacial score (nSPS) is 22.5. The second-order valence-corrected chi connectivity index (χ2v) is 3.57. The van der Waals surface area contributed by atoms with Crippen LogP contribution in [0.1, 0.15) is 6.92 Å². The molecular weight excluding hydrogens is 193 g/mol. The van der Waals surface area contributed by atoms with Gasteiger partial charge in [-0.1, -0.05) is 10.8 Å². The highest BCUT2D eigenvalue weighted by atomic mass is 19.1. The summed E-state index contributed by atoms with van der Waals surface area (Å²) in [6, 6.07) is 2.84. The van der Waals surface area contributed by atoms with Gasteiger partial charge in [-0.25, -0.2) is 4.39 Å². The molecule has 1 fully saturated rings. The Kier molecular flexibility index (Phi) is 5.10. The van der Waals surface area contributed by atoms with Crippen LogP contribution >= 0.6 is 0 Å². The summed E-state index contributed by atoms with van der Waals surface area (Å²) in [6.07, 6.45) is -0.795. The smallest absolute Gasteiger partial charge is 0.276 e. The largest absolute Gasteiger partial charge is 0.288 e. The maximum Gasteiger partial charge on any atom is 0.288 e. The SMILES string of the molecule is CC#CCN1CC(F)CN(CC#[N+]C)C1. The van der Waals surface area contributed by atoms with Gasteiger partial charge in [-0.3, -0.25) is 9.80 Å². The van der Waals surface area contributed by atoms with E-state index < -0.39 is 6.17 Å². The van der Waals surface area contributed by atoms with Gasteiger partial charge in [-0.05, 0) is 6.92 Å². The average molecular weight is 210 g/mol. The number of halogens is 1. The van der Waals surface area contributed by atoms with E-state index in [9.17, 15) is 4.39 Å². The highest BCUT2D eigenvalue weighted by Gasteiger charge is 2.24. The first kappa shape index (κ1) is 12.0. The van der Waals surface area contributed by atoms with Gasteiger partial charge in [0.05, 0.1) is 13.2 Å². The molecule has 0 aliphatic carbocycles. The van der Waals surface area contributed by atoms with Crippen LogP contribution in [-0.2, 0) is 0 Å². The molecule has 0 saturated carbocycles. The molecule has 1 aliphatic rings. The zero-order chi connectivity index (χ0) is 11.1. The van der Waals surface area contributed by atoms with Gasteiger partial charge < -0.3 is 0 Å². The summed E-state index contributed by atoms with van der Waals surface area (Å²) < 4.78 is 13.3. The fourth-order valence-corrected chi connectivity index (χ4v) is 1.61. The third-order valence-corrected chi connectivity index (χ3v) is 2.24. The van der Waals surface area contributed by atoms with E-state index in [-0.39, 0.29) is 0 Å². The summed E-state index contributed by atoms with van der Waals surface area (Å²) in [5.41, 5.74) is 0. The Morgan fingerprint density at radius 3 is 2.60 bits per heavy atom. The molecule has 0 N–H and O–H groups in total. The lowest BCUT2D eigenvalue weighted by atomic mass is 10.2. The summed E-state index contributed by atoms with van der Waals surface area (Å²) in [5, 5.41) is 0. The number of nitrogens with zero attached hydrogens (tertiary/aromatic N) is 3. The molecule has 82 valence electrons. The van der Waals surface area contributed by atoms with Crippen molar-refractivity contribution in [2.24, 2.45) is 0 Å². The van der Waals surface area contributed by atoms with Gasteiger partial charge in [0.15, 0.2) is 0 Å². The molecule has 3 nitrogen and oxygen atoms in total. The molecule has 1 aliphatic heterocycles. The number of alkyl halides is 1. The third kappa shape index (κ3) is 4.29. The monoisotopic (exact) mass is 210 g/mol. The molecule has 0 radical (unpaired) electrons. The molecule has 1 rings (SSSR count). The summed E-state index contributed by atoms with van der Waals surface area (Å²) in [7, 11) is 1.68. The van der Waals surface area contributed by atoms with Crippen molar-refractivity contribution in [2.75, 3.05) is 39.9 Å². The minimum Gasteiger partial charge on any atom is -0.276 e. The lowest BCUT2D eigenvalue weighted by molar-refractivity contribution is 0.0486. The number of hydrogen-bond acceptors (Lipinski definition) is 2. The Bertz CT molecular complexity index is 277. The topological polar surface area (TPSA) is 10.8 Å². The third-order valence-electron chi connectivity index (χ3n) is 2.24. The molecule has 1 atom stereocenters. The minimum absolute atomic E-state index is 0.471. The van der Waals surface area contributed by atoms with Crippen LogP contribution in [0.5, 0.6) is 0 Å². The van der Waals surface area contributed by atoms with Gasteiger partial charge in [0.1, 0.15) is 12.7 Å². The lowest BCUT2D eigenvalue weighted by Crippen LogP contribution is -2.50. The van der Waals surface area contributed by atoms with Crippen LogP contribution in [0.2, 0.25) is 0 Å². The second kappa shape index (κ2) is 6.40. The van der Waals surface area contributed by atoms with E-state index in [2.05, 4.69) is 22.8 Å². The van der Waals surface area contributed by atoms with E-state index in [4.69, 9.17) is 0 Å². The van der Waals surface area contributed by atoms with Gasteiger partial charge in [-0.2, -0.15) is 0 Å². The Balaban J connectivity index is 2.45. The first-order valence-electron chi connectivity index (χ1n) is 5.06. The van der Waals surface area contributed by atoms with Crippen LogP contribution in [0.25, 0.3) is 4.85 Å². The quantitative estimate of drug-likeness (QED) is 0.495. The predicted octanol–water partition coefficient (Wildman–Crippen LogP) is 0.886. The number of hydrogen-bond donors (Lipinski definition) is 0. The van der Waals surface area contributed by atoms with E-state index >= 15 is 0 Å². The van der Waals surface area contributed by atoms with Crippen molar-refractivity contribution in [1.82, 2.24) is 9.80 Å². The average Bonchev–Trinajstić information content (AvgIpc) is 2.23. The van der Waals surface area contributed by atoms with Gasteiger partial charge in [0, 0.05) is 13.1 Å². The maximum atomic E-state index is 13.3. The van der Waals surface area contributed by atoms with Crippen molar-refractivity contribution in [2.45, 2.75) is 13.1 Å². The van der Waals surface area contributed by atoms with Crippen LogP contribution < -0.4 is 0 Å². The van der Waals surface area contributed by atoms with Gasteiger partial charge in [-0.15, -0.1) is 5.92 Å². The van der Waals surface area contributed by atoms with E-state index in [0.717, 1.165) is 6.67 Å². The van der Waals surface area contributed by atoms with Gasteiger partial charge >= 0.3 is 0 Å². The molecule has 0 amide bonds. The Morgan fingerprint density at radius 2 is 2.00 bits per heavy atom. The Labute approximate surface area is 90.7 Å². The Hall–Kier alpha value is -1.10. The fraction of sp³-hybridized carbons (Fsp3) is 0.727. The lowest BCUT2D eigenvalue weighted by Gasteiger charge is -2.34. The van der Waals surface area contributed by atoms with Crippen LogP contribution in [0, 0.1) is 17.9 Å².